The Hall–Kier alpha value is -3.46. The molecule has 0 radical (unpaired) electrons. The predicted octanol–water partition coefficient (Wildman–Crippen LogP) is 1.66. The van der Waals surface area contributed by atoms with Gasteiger partial charge in [0.25, 0.3) is 21.8 Å². The first kappa shape index (κ1) is 17.9. The predicted molar refractivity (Wildman–Crippen MR) is 102 cm³/mol. The molecule has 2 amide bonds. The van der Waals surface area contributed by atoms with Crippen LogP contribution in [0.4, 0.5) is 5.69 Å². The molecule has 0 saturated carbocycles. The highest BCUT2D eigenvalue weighted by molar-refractivity contribution is 7.90. The Morgan fingerprint density at radius 1 is 1.18 bits per heavy atom. The van der Waals surface area contributed by atoms with Crippen LogP contribution in [0.3, 0.4) is 0 Å². The summed E-state index contributed by atoms with van der Waals surface area (Å²) in [6.45, 7) is 0.401. The molecule has 0 spiro atoms. The molecule has 0 fully saturated rings. The molecule has 0 saturated heterocycles. The summed E-state index contributed by atoms with van der Waals surface area (Å²) in [6.07, 6.45) is 5.34. The summed E-state index contributed by atoms with van der Waals surface area (Å²) in [5.74, 6) is -0.913. The number of hydrogen-bond donors (Lipinski definition) is 2. The number of anilines is 1. The van der Waals surface area contributed by atoms with E-state index in [1.807, 2.05) is 12.1 Å². The summed E-state index contributed by atoms with van der Waals surface area (Å²) in [6, 6.07) is 10.8. The second-order valence-corrected chi connectivity index (χ2v) is 8.01. The summed E-state index contributed by atoms with van der Waals surface area (Å²) >= 11 is 0. The van der Waals surface area contributed by atoms with Crippen LogP contribution in [0.2, 0.25) is 0 Å². The van der Waals surface area contributed by atoms with Gasteiger partial charge >= 0.3 is 0 Å². The van der Waals surface area contributed by atoms with Crippen LogP contribution in [0.25, 0.3) is 0 Å². The van der Waals surface area contributed by atoms with Crippen LogP contribution in [0.1, 0.15) is 26.4 Å². The highest BCUT2D eigenvalue weighted by Crippen LogP contribution is 2.29. The van der Waals surface area contributed by atoms with Crippen LogP contribution in [0.5, 0.6) is 0 Å². The summed E-state index contributed by atoms with van der Waals surface area (Å²) in [5.41, 5.74) is 1.34. The van der Waals surface area contributed by atoms with Crippen LogP contribution < -0.4 is 10.6 Å². The van der Waals surface area contributed by atoms with E-state index >= 15 is 0 Å². The molecule has 0 atom stereocenters. The Bertz CT molecular complexity index is 1170. The maximum absolute atomic E-state index is 12.8. The monoisotopic (exact) mass is 396 g/mol. The lowest BCUT2D eigenvalue weighted by atomic mass is 10.1. The average Bonchev–Trinajstić information content (AvgIpc) is 3.17. The Balaban J connectivity index is 1.56. The Morgan fingerprint density at radius 2 is 2.04 bits per heavy atom. The third-order valence-electron chi connectivity index (χ3n) is 4.39. The first-order chi connectivity index (χ1) is 13.5. The van der Waals surface area contributed by atoms with E-state index in [9.17, 15) is 18.0 Å². The minimum absolute atomic E-state index is 0.0127. The maximum atomic E-state index is 12.8. The minimum Gasteiger partial charge on any atom is -0.352 e. The standard InChI is InChI=1S/C19H16N4O4S/c24-18(21-9-7-13-3-1-8-20-12-13)14-5-6-17-15(11-14)22-19(25)16-4-2-10-23(16)28(17,26)27/h1-6,8,10-12H,7,9H2,(H,21,24)(H,22,25). The van der Waals surface area contributed by atoms with Crippen molar-refractivity contribution in [3.63, 3.8) is 0 Å². The van der Waals surface area contributed by atoms with Gasteiger partial charge in [-0.1, -0.05) is 6.07 Å². The number of amides is 2. The lowest BCUT2D eigenvalue weighted by Gasteiger charge is -2.10. The number of hydrogen-bond acceptors (Lipinski definition) is 5. The smallest absolute Gasteiger partial charge is 0.273 e. The number of aromatic nitrogens is 2. The lowest BCUT2D eigenvalue weighted by Crippen LogP contribution is -2.26. The zero-order valence-corrected chi connectivity index (χ0v) is 15.4. The van der Waals surface area contributed by atoms with Crippen molar-refractivity contribution in [2.45, 2.75) is 11.3 Å². The quantitative estimate of drug-likeness (QED) is 0.697. The van der Waals surface area contributed by atoms with E-state index in [1.54, 1.807) is 12.4 Å². The van der Waals surface area contributed by atoms with Crippen molar-refractivity contribution in [1.29, 1.82) is 0 Å². The highest BCUT2D eigenvalue weighted by atomic mass is 32.2. The summed E-state index contributed by atoms with van der Waals surface area (Å²) < 4.78 is 26.5. The van der Waals surface area contributed by atoms with Gasteiger partial charge in [-0.05, 0) is 48.4 Å². The summed E-state index contributed by atoms with van der Waals surface area (Å²) in [7, 11) is -3.93. The molecule has 1 aliphatic heterocycles. The van der Waals surface area contributed by atoms with Gasteiger partial charge in [0.2, 0.25) is 0 Å². The van der Waals surface area contributed by atoms with Gasteiger partial charge in [0.15, 0.2) is 0 Å². The van der Waals surface area contributed by atoms with E-state index in [2.05, 4.69) is 15.6 Å². The molecule has 8 nitrogen and oxygen atoms in total. The molecule has 0 aliphatic carbocycles. The Kier molecular flexibility index (Phi) is 4.44. The van der Waals surface area contributed by atoms with Gasteiger partial charge in [-0.3, -0.25) is 14.6 Å². The topological polar surface area (TPSA) is 110 Å². The maximum Gasteiger partial charge on any atom is 0.273 e. The Morgan fingerprint density at radius 3 is 2.82 bits per heavy atom. The number of fused-ring (bicyclic) bond motifs is 2. The fraction of sp³-hybridized carbons (Fsp3) is 0.105. The van der Waals surface area contributed by atoms with Gasteiger partial charge in [-0.25, -0.2) is 12.4 Å². The molecule has 3 heterocycles. The molecule has 1 aromatic carbocycles. The van der Waals surface area contributed by atoms with Gasteiger partial charge in [0.1, 0.15) is 10.6 Å². The van der Waals surface area contributed by atoms with Gasteiger partial charge in [0, 0.05) is 30.7 Å². The first-order valence-electron chi connectivity index (χ1n) is 8.52. The number of carbonyl (C=O) groups is 2. The van der Waals surface area contributed by atoms with Gasteiger partial charge in [-0.15, -0.1) is 0 Å². The minimum atomic E-state index is -3.93. The van der Waals surface area contributed by atoms with E-state index in [1.165, 1.54) is 36.5 Å². The zero-order chi connectivity index (χ0) is 19.7. The number of rotatable bonds is 4. The van der Waals surface area contributed by atoms with Crippen LogP contribution in [-0.4, -0.2) is 35.7 Å². The number of nitrogens with one attached hydrogen (secondary N) is 2. The third kappa shape index (κ3) is 3.16. The molecule has 3 aromatic rings. The molecule has 4 rings (SSSR count). The average molecular weight is 396 g/mol. The highest BCUT2D eigenvalue weighted by Gasteiger charge is 2.30. The Labute approximate surface area is 161 Å². The lowest BCUT2D eigenvalue weighted by molar-refractivity contribution is 0.0952. The van der Waals surface area contributed by atoms with Crippen LogP contribution in [0.15, 0.2) is 66.0 Å². The fourth-order valence-corrected chi connectivity index (χ4v) is 4.48. The van der Waals surface area contributed by atoms with Crippen LogP contribution in [-0.2, 0) is 16.4 Å². The van der Waals surface area contributed by atoms with E-state index < -0.39 is 15.9 Å². The van der Waals surface area contributed by atoms with E-state index in [0.717, 1.165) is 9.54 Å². The van der Waals surface area contributed by atoms with E-state index in [-0.39, 0.29) is 27.7 Å². The SMILES string of the molecule is O=C(NCCc1cccnc1)c1ccc2c(c1)NC(=O)c1cccn1S2(=O)=O. The van der Waals surface area contributed by atoms with Crippen LogP contribution >= 0.6 is 0 Å². The van der Waals surface area contributed by atoms with Gasteiger partial charge in [-0.2, -0.15) is 0 Å². The molecule has 2 N–H and O–H groups in total. The van der Waals surface area contributed by atoms with Crippen molar-refractivity contribution in [2.75, 3.05) is 11.9 Å². The van der Waals surface area contributed by atoms with Crippen molar-refractivity contribution in [3.8, 4) is 0 Å². The van der Waals surface area contributed by atoms with E-state index in [4.69, 9.17) is 0 Å². The normalized spacial score (nSPS) is 14.4. The summed E-state index contributed by atoms with van der Waals surface area (Å²) in [5, 5.41) is 5.35. The van der Waals surface area contributed by atoms with Crippen molar-refractivity contribution in [2.24, 2.45) is 0 Å². The van der Waals surface area contributed by atoms with Gasteiger partial charge in [0.05, 0.1) is 5.69 Å². The fourth-order valence-electron chi connectivity index (χ4n) is 3.01. The van der Waals surface area contributed by atoms with E-state index in [0.29, 0.717) is 13.0 Å². The number of pyridine rings is 1. The molecular formula is C19H16N4O4S. The molecule has 9 heteroatoms. The van der Waals surface area contributed by atoms with Crippen molar-refractivity contribution in [3.05, 3.63) is 77.9 Å². The number of benzene rings is 1. The largest absolute Gasteiger partial charge is 0.352 e. The van der Waals surface area contributed by atoms with Crippen molar-refractivity contribution in [1.82, 2.24) is 14.3 Å². The molecule has 142 valence electrons. The first-order valence-corrected chi connectivity index (χ1v) is 9.96. The molecule has 2 aromatic heterocycles. The second-order valence-electron chi connectivity index (χ2n) is 6.23. The molecule has 1 aliphatic rings. The summed E-state index contributed by atoms with van der Waals surface area (Å²) in [4.78, 5) is 28.7. The van der Waals surface area contributed by atoms with Gasteiger partial charge < -0.3 is 10.6 Å². The molecule has 0 bridgehead atoms. The molecular weight excluding hydrogens is 380 g/mol. The number of carbonyl (C=O) groups excluding carboxylic acids is 2. The van der Waals surface area contributed by atoms with Crippen molar-refractivity contribution < 1.29 is 18.0 Å². The zero-order valence-electron chi connectivity index (χ0n) is 14.6. The second kappa shape index (κ2) is 6.93. The third-order valence-corrected chi connectivity index (χ3v) is 6.14. The number of nitrogens with zero attached hydrogens (tertiary/aromatic N) is 2. The molecule has 28 heavy (non-hydrogen) atoms. The van der Waals surface area contributed by atoms with Crippen molar-refractivity contribution >= 4 is 27.5 Å². The van der Waals surface area contributed by atoms with Crippen LogP contribution in [0, 0.1) is 0 Å². The molecule has 0 unspecified atom stereocenters.